The van der Waals surface area contributed by atoms with Crippen LogP contribution in [0.2, 0.25) is 5.02 Å². The Morgan fingerprint density at radius 3 is 2.71 bits per heavy atom. The number of carbonyl (C=O) groups excluding carboxylic acids is 1. The van der Waals surface area contributed by atoms with Crippen LogP contribution < -0.4 is 15.5 Å². The largest absolute Gasteiger partial charge is 0.381 e. The van der Waals surface area contributed by atoms with E-state index >= 15 is 0 Å². The van der Waals surface area contributed by atoms with Crippen LogP contribution in [-0.2, 0) is 9.53 Å². The van der Waals surface area contributed by atoms with Gasteiger partial charge >= 0.3 is 0 Å². The van der Waals surface area contributed by atoms with E-state index in [2.05, 4.69) is 10.6 Å². The maximum atomic E-state index is 13.2. The number of benzodiazepines with no additional fused rings is 1. The maximum Gasteiger partial charge on any atom is 0.272 e. The quantitative estimate of drug-likeness (QED) is 0.690. The standard InChI is InChI=1S/C23H25ClN4O2S/c1-28-19-8-7-17(24)13-18(19)20(16-5-3-2-4-6-16)26-21(22(28)29)27-23(31)25-14-15-9-11-30-12-10-15/h2-8,13,15,21H,9-12,14H2,1H3,(H2,25,27,31). The fourth-order valence-corrected chi connectivity index (χ4v) is 4.20. The fourth-order valence-electron chi connectivity index (χ4n) is 3.83. The van der Waals surface area contributed by atoms with E-state index in [1.807, 2.05) is 42.5 Å². The molecule has 2 N–H and O–H groups in total. The Kier molecular flexibility index (Phi) is 6.85. The van der Waals surface area contributed by atoms with Crippen molar-refractivity contribution in [1.82, 2.24) is 10.6 Å². The van der Waals surface area contributed by atoms with E-state index in [9.17, 15) is 4.79 Å². The highest BCUT2D eigenvalue weighted by atomic mass is 35.5. The van der Waals surface area contributed by atoms with Gasteiger partial charge in [-0.25, -0.2) is 4.99 Å². The van der Waals surface area contributed by atoms with E-state index in [1.165, 1.54) is 0 Å². The van der Waals surface area contributed by atoms with Gasteiger partial charge in [-0.1, -0.05) is 41.9 Å². The summed E-state index contributed by atoms with van der Waals surface area (Å²) in [7, 11) is 1.74. The highest BCUT2D eigenvalue weighted by molar-refractivity contribution is 7.80. The summed E-state index contributed by atoms with van der Waals surface area (Å²) in [5.41, 5.74) is 3.16. The predicted molar refractivity (Wildman–Crippen MR) is 128 cm³/mol. The van der Waals surface area contributed by atoms with Crippen molar-refractivity contribution >= 4 is 46.2 Å². The first-order valence-corrected chi connectivity index (χ1v) is 11.1. The molecule has 0 aliphatic carbocycles. The van der Waals surface area contributed by atoms with Gasteiger partial charge in [-0.15, -0.1) is 0 Å². The lowest BCUT2D eigenvalue weighted by atomic mass is 10.0. The van der Waals surface area contributed by atoms with E-state index in [4.69, 9.17) is 33.5 Å². The molecule has 1 fully saturated rings. The second-order valence-corrected chi connectivity index (χ2v) is 8.56. The molecule has 31 heavy (non-hydrogen) atoms. The van der Waals surface area contributed by atoms with Crippen molar-refractivity contribution in [3.63, 3.8) is 0 Å². The lowest BCUT2D eigenvalue weighted by molar-refractivity contribution is -0.119. The van der Waals surface area contributed by atoms with Gasteiger partial charge < -0.3 is 20.3 Å². The molecule has 6 nitrogen and oxygen atoms in total. The van der Waals surface area contributed by atoms with Gasteiger partial charge in [-0.3, -0.25) is 4.79 Å². The van der Waals surface area contributed by atoms with Crippen LogP contribution in [0.4, 0.5) is 5.69 Å². The minimum Gasteiger partial charge on any atom is -0.381 e. The molecule has 2 aromatic carbocycles. The number of carbonyl (C=O) groups is 1. The monoisotopic (exact) mass is 456 g/mol. The number of nitrogens with one attached hydrogen (secondary N) is 2. The molecular weight excluding hydrogens is 432 g/mol. The Bertz CT molecular complexity index is 992. The minimum atomic E-state index is -0.846. The van der Waals surface area contributed by atoms with Gasteiger partial charge in [-0.05, 0) is 49.2 Å². The molecule has 2 heterocycles. The Labute approximate surface area is 192 Å². The number of thiocarbonyl (C=S) groups is 1. The van der Waals surface area contributed by atoms with Gasteiger partial charge in [0.2, 0.25) is 6.17 Å². The maximum absolute atomic E-state index is 13.2. The first-order valence-electron chi connectivity index (χ1n) is 10.4. The first-order chi connectivity index (χ1) is 15.0. The topological polar surface area (TPSA) is 66.0 Å². The van der Waals surface area contributed by atoms with E-state index in [1.54, 1.807) is 18.0 Å². The number of benzene rings is 2. The van der Waals surface area contributed by atoms with Crippen molar-refractivity contribution in [2.24, 2.45) is 10.9 Å². The van der Waals surface area contributed by atoms with Crippen LogP contribution in [-0.4, -0.2) is 49.7 Å². The predicted octanol–water partition coefficient (Wildman–Crippen LogP) is 3.37. The number of fused-ring (bicyclic) bond motifs is 1. The number of ether oxygens (including phenoxy) is 1. The second-order valence-electron chi connectivity index (χ2n) is 7.72. The molecule has 1 unspecified atom stereocenters. The van der Waals surface area contributed by atoms with Crippen LogP contribution >= 0.6 is 23.8 Å². The average Bonchev–Trinajstić information content (AvgIpc) is 2.89. The van der Waals surface area contributed by atoms with Crippen molar-refractivity contribution in [2.45, 2.75) is 19.0 Å². The third kappa shape index (κ3) is 5.06. The molecule has 8 heteroatoms. The van der Waals surface area contributed by atoms with Gasteiger partial charge in [-0.2, -0.15) is 0 Å². The summed E-state index contributed by atoms with van der Waals surface area (Å²) in [5, 5.41) is 7.35. The Morgan fingerprint density at radius 2 is 1.97 bits per heavy atom. The molecule has 0 aromatic heterocycles. The number of amides is 1. The molecule has 0 saturated carbocycles. The van der Waals surface area contributed by atoms with E-state index < -0.39 is 6.17 Å². The summed E-state index contributed by atoms with van der Waals surface area (Å²) < 4.78 is 5.41. The zero-order valence-electron chi connectivity index (χ0n) is 17.3. The van der Waals surface area contributed by atoms with Crippen LogP contribution in [0.25, 0.3) is 0 Å². The summed E-state index contributed by atoms with van der Waals surface area (Å²) >= 11 is 11.8. The summed E-state index contributed by atoms with van der Waals surface area (Å²) in [6, 6.07) is 15.2. The molecule has 0 bridgehead atoms. The number of rotatable bonds is 4. The number of hydrogen-bond donors (Lipinski definition) is 2. The van der Waals surface area contributed by atoms with Crippen molar-refractivity contribution in [2.75, 3.05) is 31.7 Å². The lowest BCUT2D eigenvalue weighted by Gasteiger charge is -2.24. The SMILES string of the molecule is CN1C(=O)C(NC(=S)NCC2CCOCC2)N=C(c2ccccc2)c2cc(Cl)ccc21. The van der Waals surface area contributed by atoms with Crippen molar-refractivity contribution in [3.8, 4) is 0 Å². The highest BCUT2D eigenvalue weighted by Gasteiger charge is 2.30. The zero-order chi connectivity index (χ0) is 21.8. The molecule has 0 radical (unpaired) electrons. The van der Waals surface area contributed by atoms with Gasteiger partial charge in [0.05, 0.1) is 11.4 Å². The zero-order valence-corrected chi connectivity index (χ0v) is 18.9. The van der Waals surface area contributed by atoms with Gasteiger partial charge in [0, 0.05) is 43.0 Å². The summed E-state index contributed by atoms with van der Waals surface area (Å²) in [6.45, 7) is 2.31. The number of halogens is 1. The third-order valence-electron chi connectivity index (χ3n) is 5.60. The van der Waals surface area contributed by atoms with Crippen LogP contribution in [0.5, 0.6) is 0 Å². The van der Waals surface area contributed by atoms with Crippen LogP contribution in [0.1, 0.15) is 24.0 Å². The molecule has 1 atom stereocenters. The number of likely N-dealkylation sites (N-methyl/N-ethyl adjacent to an activating group) is 1. The smallest absolute Gasteiger partial charge is 0.272 e. The summed E-state index contributed by atoms with van der Waals surface area (Å²) in [5.74, 6) is 0.320. The summed E-state index contributed by atoms with van der Waals surface area (Å²) in [4.78, 5) is 19.6. The Balaban J connectivity index is 1.60. The number of hydrogen-bond acceptors (Lipinski definition) is 4. The lowest BCUT2D eigenvalue weighted by Crippen LogP contribution is -2.50. The molecule has 4 rings (SSSR count). The number of anilines is 1. The minimum absolute atomic E-state index is 0.190. The van der Waals surface area contributed by atoms with Crippen LogP contribution in [0.3, 0.4) is 0 Å². The highest BCUT2D eigenvalue weighted by Crippen LogP contribution is 2.29. The molecule has 1 saturated heterocycles. The summed E-state index contributed by atoms with van der Waals surface area (Å²) in [6.07, 6.45) is 1.17. The van der Waals surface area contributed by atoms with Crippen molar-refractivity contribution < 1.29 is 9.53 Å². The Hall–Kier alpha value is -2.48. The van der Waals surface area contributed by atoms with E-state index in [-0.39, 0.29) is 5.91 Å². The Morgan fingerprint density at radius 1 is 1.23 bits per heavy atom. The molecule has 2 aliphatic heterocycles. The molecule has 2 aromatic rings. The molecule has 2 aliphatic rings. The fraction of sp³-hybridized carbons (Fsp3) is 0.348. The molecule has 162 valence electrons. The van der Waals surface area contributed by atoms with Crippen LogP contribution in [0.15, 0.2) is 53.5 Å². The first kappa shape index (κ1) is 21.7. The average molecular weight is 457 g/mol. The number of aliphatic imine (C=N–C) groups is 1. The third-order valence-corrected chi connectivity index (χ3v) is 6.10. The molecule has 0 spiro atoms. The molecular formula is C23H25ClN4O2S. The normalized spacial score (nSPS) is 19.3. The van der Waals surface area contributed by atoms with Crippen LogP contribution in [0, 0.1) is 5.92 Å². The van der Waals surface area contributed by atoms with Crippen molar-refractivity contribution in [1.29, 1.82) is 0 Å². The second kappa shape index (κ2) is 9.77. The van der Waals surface area contributed by atoms with Gasteiger partial charge in [0.15, 0.2) is 5.11 Å². The van der Waals surface area contributed by atoms with Gasteiger partial charge in [0.25, 0.3) is 5.91 Å². The van der Waals surface area contributed by atoms with Gasteiger partial charge in [0.1, 0.15) is 0 Å². The van der Waals surface area contributed by atoms with E-state index in [0.717, 1.165) is 49.4 Å². The van der Waals surface area contributed by atoms with E-state index in [0.29, 0.717) is 21.8 Å². The molecule has 1 amide bonds. The van der Waals surface area contributed by atoms with Crippen molar-refractivity contribution in [3.05, 3.63) is 64.7 Å². The number of nitrogens with zero attached hydrogens (tertiary/aromatic N) is 2.